The minimum atomic E-state index is -0.754. The first-order valence-electron chi connectivity index (χ1n) is 2.98. The number of carbonyl (C=O) groups excluding carboxylic acids is 1. The van der Waals surface area contributed by atoms with E-state index in [1.165, 1.54) is 6.92 Å². The fraction of sp³-hybridized carbons (Fsp3) is 0.833. The standard InChI is InChI=1S/C6H12O3/c1-5(8)6(9)3-2-4-7/h4-6,8-9H,2-3H2,1H3/t5-,6+/m1/s1. The van der Waals surface area contributed by atoms with Crippen LogP contribution in [0.5, 0.6) is 0 Å². The van der Waals surface area contributed by atoms with Crippen molar-refractivity contribution in [3.63, 3.8) is 0 Å². The zero-order chi connectivity index (χ0) is 7.28. The third kappa shape index (κ3) is 4.12. The molecule has 2 N–H and O–H groups in total. The van der Waals surface area contributed by atoms with Gasteiger partial charge in [-0.15, -0.1) is 0 Å². The van der Waals surface area contributed by atoms with Gasteiger partial charge >= 0.3 is 0 Å². The molecule has 54 valence electrons. The van der Waals surface area contributed by atoms with Gasteiger partial charge in [0.05, 0.1) is 12.2 Å². The SMILES string of the molecule is C[C@@H](O)[C@@H](O)CCC=O. The zero-order valence-corrected chi connectivity index (χ0v) is 5.45. The van der Waals surface area contributed by atoms with Crippen molar-refractivity contribution in [1.82, 2.24) is 0 Å². The molecule has 0 aliphatic rings. The van der Waals surface area contributed by atoms with Crippen molar-refractivity contribution < 1.29 is 15.0 Å². The summed E-state index contributed by atoms with van der Waals surface area (Å²) < 4.78 is 0. The molecule has 0 radical (unpaired) electrons. The van der Waals surface area contributed by atoms with Crippen molar-refractivity contribution >= 4 is 6.29 Å². The lowest BCUT2D eigenvalue weighted by Gasteiger charge is -2.10. The molecule has 0 aromatic carbocycles. The van der Waals surface area contributed by atoms with E-state index in [0.717, 1.165) is 6.29 Å². The molecule has 0 unspecified atom stereocenters. The number of aliphatic hydroxyl groups is 2. The van der Waals surface area contributed by atoms with E-state index in [2.05, 4.69) is 0 Å². The van der Waals surface area contributed by atoms with E-state index in [-0.39, 0.29) is 0 Å². The van der Waals surface area contributed by atoms with Gasteiger partial charge in [0.15, 0.2) is 0 Å². The molecule has 3 heteroatoms. The number of aldehydes is 1. The van der Waals surface area contributed by atoms with Crippen molar-refractivity contribution in [2.24, 2.45) is 0 Å². The van der Waals surface area contributed by atoms with Crippen LogP contribution in [0.1, 0.15) is 19.8 Å². The van der Waals surface area contributed by atoms with E-state index < -0.39 is 12.2 Å². The highest BCUT2D eigenvalue weighted by Crippen LogP contribution is 1.99. The highest BCUT2D eigenvalue weighted by atomic mass is 16.3. The van der Waals surface area contributed by atoms with Crippen molar-refractivity contribution in [2.75, 3.05) is 0 Å². The monoisotopic (exact) mass is 132 g/mol. The zero-order valence-electron chi connectivity index (χ0n) is 5.45. The molecule has 0 aliphatic carbocycles. The predicted molar refractivity (Wildman–Crippen MR) is 33.0 cm³/mol. The van der Waals surface area contributed by atoms with Crippen molar-refractivity contribution in [3.05, 3.63) is 0 Å². The summed E-state index contributed by atoms with van der Waals surface area (Å²) in [5, 5.41) is 17.5. The Bertz CT molecular complexity index is 80.4. The lowest BCUT2D eigenvalue weighted by molar-refractivity contribution is -0.108. The van der Waals surface area contributed by atoms with Crippen molar-refractivity contribution in [3.8, 4) is 0 Å². The quantitative estimate of drug-likeness (QED) is 0.517. The second-order valence-electron chi connectivity index (χ2n) is 2.05. The molecule has 0 aromatic rings. The minimum Gasteiger partial charge on any atom is -0.391 e. The maximum absolute atomic E-state index is 9.74. The van der Waals surface area contributed by atoms with Gasteiger partial charge in [-0.2, -0.15) is 0 Å². The second kappa shape index (κ2) is 4.47. The Kier molecular flexibility index (Phi) is 4.26. The largest absolute Gasteiger partial charge is 0.391 e. The Labute approximate surface area is 54.3 Å². The molecule has 0 rings (SSSR count). The highest BCUT2D eigenvalue weighted by molar-refractivity contribution is 5.49. The Morgan fingerprint density at radius 2 is 2.11 bits per heavy atom. The Balaban J connectivity index is 3.26. The lowest BCUT2D eigenvalue weighted by Crippen LogP contribution is -2.22. The van der Waals surface area contributed by atoms with Crippen molar-refractivity contribution in [1.29, 1.82) is 0 Å². The summed E-state index contributed by atoms with van der Waals surface area (Å²) in [6.45, 7) is 1.50. The molecule has 0 bridgehead atoms. The number of rotatable bonds is 4. The third-order valence-corrected chi connectivity index (χ3v) is 1.14. The maximum atomic E-state index is 9.74. The third-order valence-electron chi connectivity index (χ3n) is 1.14. The average Bonchev–Trinajstić information content (AvgIpc) is 1.82. The molecule has 0 saturated carbocycles. The fourth-order valence-electron chi connectivity index (χ4n) is 0.480. The van der Waals surface area contributed by atoms with Gasteiger partial charge in [-0.25, -0.2) is 0 Å². The topological polar surface area (TPSA) is 57.5 Å². The predicted octanol–water partition coefficient (Wildman–Crippen LogP) is -0.293. The summed E-state index contributed by atoms with van der Waals surface area (Å²) in [6, 6.07) is 0. The fourth-order valence-corrected chi connectivity index (χ4v) is 0.480. The Morgan fingerprint density at radius 1 is 1.56 bits per heavy atom. The van der Waals surface area contributed by atoms with E-state index in [1.807, 2.05) is 0 Å². The number of carbonyl (C=O) groups is 1. The first kappa shape index (κ1) is 8.59. The summed E-state index contributed by atoms with van der Waals surface area (Å²) >= 11 is 0. The molecule has 0 heterocycles. The summed E-state index contributed by atoms with van der Waals surface area (Å²) in [5.41, 5.74) is 0. The highest BCUT2D eigenvalue weighted by Gasteiger charge is 2.08. The van der Waals surface area contributed by atoms with Crippen LogP contribution in [0.2, 0.25) is 0 Å². The smallest absolute Gasteiger partial charge is 0.120 e. The molecule has 0 aromatic heterocycles. The molecular formula is C6H12O3. The van der Waals surface area contributed by atoms with Crippen LogP contribution in [0.4, 0.5) is 0 Å². The van der Waals surface area contributed by atoms with E-state index in [4.69, 9.17) is 10.2 Å². The normalized spacial score (nSPS) is 16.8. The van der Waals surface area contributed by atoms with E-state index >= 15 is 0 Å². The van der Waals surface area contributed by atoms with Crippen LogP contribution in [-0.2, 0) is 4.79 Å². The van der Waals surface area contributed by atoms with Crippen LogP contribution in [0.25, 0.3) is 0 Å². The molecule has 0 amide bonds. The summed E-state index contributed by atoms with van der Waals surface area (Å²) in [5.74, 6) is 0. The molecule has 2 atom stereocenters. The first-order valence-corrected chi connectivity index (χ1v) is 2.98. The van der Waals surface area contributed by atoms with E-state index in [0.29, 0.717) is 12.8 Å². The molecule has 0 aliphatic heterocycles. The minimum absolute atomic E-state index is 0.312. The Morgan fingerprint density at radius 3 is 2.44 bits per heavy atom. The van der Waals surface area contributed by atoms with Gasteiger partial charge in [0.1, 0.15) is 6.29 Å². The van der Waals surface area contributed by atoms with Crippen LogP contribution in [-0.4, -0.2) is 28.7 Å². The van der Waals surface area contributed by atoms with Crippen molar-refractivity contribution in [2.45, 2.75) is 32.0 Å². The molecule has 3 nitrogen and oxygen atoms in total. The van der Waals surface area contributed by atoms with Crippen LogP contribution in [0, 0.1) is 0 Å². The number of hydrogen-bond acceptors (Lipinski definition) is 3. The van der Waals surface area contributed by atoms with Gasteiger partial charge in [0.2, 0.25) is 0 Å². The number of aliphatic hydroxyl groups excluding tert-OH is 2. The average molecular weight is 132 g/mol. The van der Waals surface area contributed by atoms with Gasteiger partial charge in [-0.05, 0) is 13.3 Å². The Hall–Kier alpha value is -0.410. The summed E-state index contributed by atoms with van der Waals surface area (Å²) in [6.07, 6.45) is -0.0982. The van der Waals surface area contributed by atoms with Gasteiger partial charge in [-0.1, -0.05) is 0 Å². The molecule has 0 spiro atoms. The maximum Gasteiger partial charge on any atom is 0.120 e. The molecule has 0 fully saturated rings. The molecule has 0 saturated heterocycles. The molecular weight excluding hydrogens is 120 g/mol. The second-order valence-corrected chi connectivity index (χ2v) is 2.05. The van der Waals surface area contributed by atoms with Crippen LogP contribution < -0.4 is 0 Å². The summed E-state index contributed by atoms with van der Waals surface area (Å²) in [4.78, 5) is 9.74. The summed E-state index contributed by atoms with van der Waals surface area (Å²) in [7, 11) is 0. The lowest BCUT2D eigenvalue weighted by atomic mass is 10.1. The van der Waals surface area contributed by atoms with Gasteiger partial charge in [0.25, 0.3) is 0 Å². The van der Waals surface area contributed by atoms with E-state index in [1.54, 1.807) is 0 Å². The molecule has 9 heavy (non-hydrogen) atoms. The number of hydrogen-bond donors (Lipinski definition) is 2. The van der Waals surface area contributed by atoms with Crippen LogP contribution >= 0.6 is 0 Å². The van der Waals surface area contributed by atoms with Gasteiger partial charge < -0.3 is 15.0 Å². The first-order chi connectivity index (χ1) is 4.18. The van der Waals surface area contributed by atoms with Crippen LogP contribution in [0.3, 0.4) is 0 Å². The van der Waals surface area contributed by atoms with E-state index in [9.17, 15) is 4.79 Å². The van der Waals surface area contributed by atoms with Crippen LogP contribution in [0.15, 0.2) is 0 Å². The van der Waals surface area contributed by atoms with Gasteiger partial charge in [0, 0.05) is 6.42 Å². The van der Waals surface area contributed by atoms with Gasteiger partial charge in [-0.3, -0.25) is 0 Å².